The van der Waals surface area contributed by atoms with Crippen molar-refractivity contribution in [2.24, 2.45) is 5.92 Å². The molecule has 0 saturated carbocycles. The molecule has 0 radical (unpaired) electrons. The lowest BCUT2D eigenvalue weighted by Gasteiger charge is -2.32. The Morgan fingerprint density at radius 3 is 2.71 bits per heavy atom. The van der Waals surface area contributed by atoms with E-state index in [1.807, 2.05) is 11.8 Å². The van der Waals surface area contributed by atoms with Crippen LogP contribution < -0.4 is 4.74 Å². The fraction of sp³-hybridized carbons (Fsp3) is 0.500. The van der Waals surface area contributed by atoms with Crippen LogP contribution >= 0.6 is 0 Å². The highest BCUT2D eigenvalue weighted by molar-refractivity contribution is 5.96. The number of nitrogens with zero attached hydrogens (tertiary/aromatic N) is 4. The maximum Gasteiger partial charge on any atom is 0.259 e. The molecule has 24 heavy (non-hydrogen) atoms. The molecule has 0 aromatic carbocycles. The Morgan fingerprint density at radius 1 is 1.33 bits per heavy atom. The van der Waals surface area contributed by atoms with E-state index in [1.54, 1.807) is 25.4 Å². The summed E-state index contributed by atoms with van der Waals surface area (Å²) in [6, 6.07) is 5.65. The largest absolute Gasteiger partial charge is 0.480 e. The van der Waals surface area contributed by atoms with Crippen LogP contribution in [0.25, 0.3) is 0 Å². The molecule has 0 spiro atoms. The monoisotopic (exact) mass is 328 g/mol. The standard InChI is InChI=1S/C18H24N4O2/c1-13-11-14(2)22(20-13)12-15-6-9-21(10-7-15)18(23)16-5-4-8-19-17(16)24-3/h4-5,8,11,15H,6-7,9-10,12H2,1-3H3. The third kappa shape index (κ3) is 3.42. The van der Waals surface area contributed by atoms with Crippen molar-refractivity contribution in [3.63, 3.8) is 0 Å². The van der Waals surface area contributed by atoms with E-state index >= 15 is 0 Å². The average Bonchev–Trinajstić information content (AvgIpc) is 2.92. The van der Waals surface area contributed by atoms with E-state index in [0.717, 1.165) is 38.2 Å². The summed E-state index contributed by atoms with van der Waals surface area (Å²) in [5.41, 5.74) is 2.80. The van der Waals surface area contributed by atoms with Gasteiger partial charge < -0.3 is 9.64 Å². The van der Waals surface area contributed by atoms with Gasteiger partial charge in [-0.15, -0.1) is 0 Å². The van der Waals surface area contributed by atoms with Gasteiger partial charge in [0.05, 0.1) is 12.8 Å². The number of hydrogen-bond acceptors (Lipinski definition) is 4. The molecule has 0 aliphatic carbocycles. The van der Waals surface area contributed by atoms with Gasteiger partial charge in [0.1, 0.15) is 5.56 Å². The van der Waals surface area contributed by atoms with Crippen molar-refractivity contribution in [3.8, 4) is 5.88 Å². The summed E-state index contributed by atoms with van der Waals surface area (Å²) in [4.78, 5) is 18.7. The molecule has 0 N–H and O–H groups in total. The zero-order valence-electron chi connectivity index (χ0n) is 14.5. The van der Waals surface area contributed by atoms with Crippen molar-refractivity contribution >= 4 is 5.91 Å². The molecule has 3 heterocycles. The summed E-state index contributed by atoms with van der Waals surface area (Å²) >= 11 is 0. The summed E-state index contributed by atoms with van der Waals surface area (Å²) in [5, 5.41) is 4.54. The van der Waals surface area contributed by atoms with E-state index < -0.39 is 0 Å². The molecule has 3 rings (SSSR count). The van der Waals surface area contributed by atoms with E-state index in [4.69, 9.17) is 4.74 Å². The molecule has 1 aliphatic rings. The molecule has 1 saturated heterocycles. The molecule has 1 amide bonds. The third-order valence-corrected chi connectivity index (χ3v) is 4.63. The number of hydrogen-bond donors (Lipinski definition) is 0. The van der Waals surface area contributed by atoms with Crippen LogP contribution in [-0.2, 0) is 6.54 Å². The highest BCUT2D eigenvalue weighted by Gasteiger charge is 2.26. The highest BCUT2D eigenvalue weighted by Crippen LogP contribution is 2.23. The number of ether oxygens (including phenoxy) is 1. The van der Waals surface area contributed by atoms with Crippen LogP contribution in [0.3, 0.4) is 0 Å². The lowest BCUT2D eigenvalue weighted by atomic mass is 9.96. The summed E-state index contributed by atoms with van der Waals surface area (Å²) in [6.45, 7) is 6.57. The molecule has 0 bridgehead atoms. The normalized spacial score (nSPS) is 15.5. The van der Waals surface area contributed by atoms with Crippen molar-refractivity contribution in [2.75, 3.05) is 20.2 Å². The molecule has 1 aliphatic heterocycles. The summed E-state index contributed by atoms with van der Waals surface area (Å²) in [7, 11) is 1.54. The Hall–Kier alpha value is -2.37. The zero-order chi connectivity index (χ0) is 17.1. The second-order valence-electron chi connectivity index (χ2n) is 6.41. The van der Waals surface area contributed by atoms with Crippen LogP contribution in [0.15, 0.2) is 24.4 Å². The molecule has 128 valence electrons. The number of piperidine rings is 1. The van der Waals surface area contributed by atoms with Gasteiger partial charge >= 0.3 is 0 Å². The van der Waals surface area contributed by atoms with Gasteiger partial charge in [-0.1, -0.05) is 0 Å². The topological polar surface area (TPSA) is 60.2 Å². The van der Waals surface area contributed by atoms with Gasteiger partial charge in [0.25, 0.3) is 5.91 Å². The zero-order valence-corrected chi connectivity index (χ0v) is 14.5. The first-order valence-electron chi connectivity index (χ1n) is 8.38. The molecule has 2 aromatic heterocycles. The molecule has 6 heteroatoms. The van der Waals surface area contributed by atoms with Crippen LogP contribution in [0.1, 0.15) is 34.6 Å². The number of aryl methyl sites for hydroxylation is 2. The minimum absolute atomic E-state index is 0.00418. The highest BCUT2D eigenvalue weighted by atomic mass is 16.5. The summed E-state index contributed by atoms with van der Waals surface area (Å²) in [6.07, 6.45) is 3.62. The molecular formula is C18H24N4O2. The Bertz CT molecular complexity index is 718. The lowest BCUT2D eigenvalue weighted by Crippen LogP contribution is -2.39. The predicted molar refractivity (Wildman–Crippen MR) is 91.1 cm³/mol. The predicted octanol–water partition coefficient (Wildman–Crippen LogP) is 2.46. The lowest BCUT2D eigenvalue weighted by molar-refractivity contribution is 0.0676. The Labute approximate surface area is 142 Å². The minimum atomic E-state index is 0.00418. The number of pyridine rings is 1. The van der Waals surface area contributed by atoms with Gasteiger partial charge in [0.15, 0.2) is 0 Å². The van der Waals surface area contributed by atoms with Crippen molar-refractivity contribution in [2.45, 2.75) is 33.2 Å². The van der Waals surface area contributed by atoms with Crippen LogP contribution in [0.2, 0.25) is 0 Å². The van der Waals surface area contributed by atoms with Crippen molar-refractivity contribution < 1.29 is 9.53 Å². The number of carbonyl (C=O) groups is 1. The first kappa shape index (κ1) is 16.5. The Balaban J connectivity index is 1.60. The second-order valence-corrected chi connectivity index (χ2v) is 6.41. The molecule has 0 unspecified atom stereocenters. The minimum Gasteiger partial charge on any atom is -0.480 e. The number of likely N-dealkylation sites (tertiary alicyclic amines) is 1. The third-order valence-electron chi connectivity index (χ3n) is 4.63. The quantitative estimate of drug-likeness (QED) is 0.865. The Kier molecular flexibility index (Phi) is 4.83. The number of aromatic nitrogens is 3. The van der Waals surface area contributed by atoms with Gasteiger partial charge in [-0.3, -0.25) is 9.48 Å². The fourth-order valence-electron chi connectivity index (χ4n) is 3.31. The Morgan fingerprint density at radius 2 is 2.08 bits per heavy atom. The van der Waals surface area contributed by atoms with Gasteiger partial charge in [0, 0.05) is 31.5 Å². The van der Waals surface area contributed by atoms with E-state index in [-0.39, 0.29) is 5.91 Å². The maximum absolute atomic E-state index is 12.7. The SMILES string of the molecule is COc1ncccc1C(=O)N1CCC(Cn2nc(C)cc2C)CC1. The van der Waals surface area contributed by atoms with Gasteiger partial charge in [-0.05, 0) is 50.8 Å². The molecular weight excluding hydrogens is 304 g/mol. The number of carbonyl (C=O) groups excluding carboxylic acids is 1. The number of rotatable bonds is 4. The van der Waals surface area contributed by atoms with Crippen molar-refractivity contribution in [3.05, 3.63) is 41.3 Å². The maximum atomic E-state index is 12.7. The summed E-state index contributed by atoms with van der Waals surface area (Å²) in [5.74, 6) is 0.958. The van der Waals surface area contributed by atoms with Gasteiger partial charge in [-0.25, -0.2) is 4.98 Å². The van der Waals surface area contributed by atoms with Crippen molar-refractivity contribution in [1.29, 1.82) is 0 Å². The van der Waals surface area contributed by atoms with Crippen LogP contribution in [0, 0.1) is 19.8 Å². The first-order chi connectivity index (χ1) is 11.6. The summed E-state index contributed by atoms with van der Waals surface area (Å²) < 4.78 is 7.29. The second kappa shape index (κ2) is 7.03. The first-order valence-corrected chi connectivity index (χ1v) is 8.38. The van der Waals surface area contributed by atoms with E-state index in [2.05, 4.69) is 27.8 Å². The van der Waals surface area contributed by atoms with Crippen LogP contribution in [0.4, 0.5) is 0 Å². The molecule has 6 nitrogen and oxygen atoms in total. The van der Waals surface area contributed by atoms with Gasteiger partial charge in [0.2, 0.25) is 5.88 Å². The smallest absolute Gasteiger partial charge is 0.259 e. The number of amides is 1. The van der Waals surface area contributed by atoms with E-state index in [9.17, 15) is 4.79 Å². The fourth-order valence-corrected chi connectivity index (χ4v) is 3.31. The average molecular weight is 328 g/mol. The van der Waals surface area contributed by atoms with Crippen molar-refractivity contribution in [1.82, 2.24) is 19.7 Å². The van der Waals surface area contributed by atoms with E-state index in [0.29, 0.717) is 17.4 Å². The number of methoxy groups -OCH3 is 1. The van der Waals surface area contributed by atoms with Crippen LogP contribution in [-0.4, -0.2) is 45.8 Å². The molecule has 1 fully saturated rings. The molecule has 2 aromatic rings. The van der Waals surface area contributed by atoms with Gasteiger partial charge in [-0.2, -0.15) is 5.10 Å². The van der Waals surface area contributed by atoms with Crippen LogP contribution in [0.5, 0.6) is 5.88 Å². The molecule has 0 atom stereocenters. The van der Waals surface area contributed by atoms with E-state index in [1.165, 1.54) is 5.69 Å².